The molecule has 1 aliphatic carbocycles. The maximum Gasteiger partial charge on any atom is 0.142 e. The number of nitrogen functional groups attached to an aromatic ring is 1. The van der Waals surface area contributed by atoms with Gasteiger partial charge in [0.25, 0.3) is 0 Å². The highest BCUT2D eigenvalue weighted by atomic mass is 32.1. The van der Waals surface area contributed by atoms with E-state index < -0.39 is 0 Å². The number of nitrogens with two attached hydrogens (primary N) is 1. The standard InChI is InChI=1S/C13H23N3S/c1-3-10-4-6-11(7-5-10)8-15-13-9(2)12(14)16-17-13/h10-11,15H,3-8H2,1-2H3,(H2,14,16). The Morgan fingerprint density at radius 1 is 1.29 bits per heavy atom. The van der Waals surface area contributed by atoms with Crippen LogP contribution < -0.4 is 11.1 Å². The molecule has 2 rings (SSSR count). The number of rotatable bonds is 4. The van der Waals surface area contributed by atoms with Crippen LogP contribution in [-0.4, -0.2) is 10.9 Å². The lowest BCUT2D eigenvalue weighted by atomic mass is 9.81. The van der Waals surface area contributed by atoms with Gasteiger partial charge in [0.1, 0.15) is 10.8 Å². The third kappa shape index (κ3) is 3.12. The van der Waals surface area contributed by atoms with Crippen LogP contribution in [-0.2, 0) is 0 Å². The van der Waals surface area contributed by atoms with Crippen molar-refractivity contribution < 1.29 is 0 Å². The molecule has 1 aromatic rings. The monoisotopic (exact) mass is 253 g/mol. The normalized spacial score (nSPS) is 24.8. The summed E-state index contributed by atoms with van der Waals surface area (Å²) >= 11 is 1.48. The van der Waals surface area contributed by atoms with E-state index in [0.717, 1.165) is 28.9 Å². The third-order valence-electron chi connectivity index (χ3n) is 4.06. The Hall–Kier alpha value is -0.770. The average Bonchev–Trinajstić information content (AvgIpc) is 2.68. The van der Waals surface area contributed by atoms with Crippen LogP contribution in [0.3, 0.4) is 0 Å². The molecule has 3 nitrogen and oxygen atoms in total. The largest absolute Gasteiger partial charge is 0.383 e. The maximum atomic E-state index is 5.74. The smallest absolute Gasteiger partial charge is 0.142 e. The number of anilines is 2. The molecule has 1 fully saturated rings. The zero-order valence-electron chi connectivity index (χ0n) is 10.8. The first kappa shape index (κ1) is 12.7. The molecule has 0 spiro atoms. The highest BCUT2D eigenvalue weighted by Crippen LogP contribution is 2.32. The van der Waals surface area contributed by atoms with Crippen LogP contribution in [0.25, 0.3) is 0 Å². The second-order valence-electron chi connectivity index (χ2n) is 5.20. The Bertz CT molecular complexity index is 354. The lowest BCUT2D eigenvalue weighted by Gasteiger charge is -2.27. The molecule has 0 amide bonds. The molecule has 1 aromatic heterocycles. The van der Waals surface area contributed by atoms with Gasteiger partial charge >= 0.3 is 0 Å². The second-order valence-corrected chi connectivity index (χ2v) is 5.97. The van der Waals surface area contributed by atoms with Gasteiger partial charge in [-0.05, 0) is 43.1 Å². The molecule has 1 heterocycles. The summed E-state index contributed by atoms with van der Waals surface area (Å²) in [5.74, 6) is 2.49. The predicted molar refractivity (Wildman–Crippen MR) is 75.5 cm³/mol. The molecule has 3 N–H and O–H groups in total. The summed E-state index contributed by atoms with van der Waals surface area (Å²) in [7, 11) is 0. The van der Waals surface area contributed by atoms with E-state index in [2.05, 4.69) is 16.6 Å². The Labute approximate surface area is 108 Å². The molecular weight excluding hydrogens is 230 g/mol. The van der Waals surface area contributed by atoms with Crippen LogP contribution in [0.4, 0.5) is 10.8 Å². The number of hydrogen-bond acceptors (Lipinski definition) is 4. The molecule has 1 saturated carbocycles. The van der Waals surface area contributed by atoms with Crippen LogP contribution in [0.1, 0.15) is 44.6 Å². The van der Waals surface area contributed by atoms with Crippen LogP contribution in [0.5, 0.6) is 0 Å². The Morgan fingerprint density at radius 2 is 1.94 bits per heavy atom. The molecule has 17 heavy (non-hydrogen) atoms. The van der Waals surface area contributed by atoms with Crippen LogP contribution in [0, 0.1) is 18.8 Å². The molecule has 0 saturated heterocycles. The van der Waals surface area contributed by atoms with Gasteiger partial charge in [-0.25, -0.2) is 0 Å². The fraction of sp³-hybridized carbons (Fsp3) is 0.769. The van der Waals surface area contributed by atoms with Crippen molar-refractivity contribution in [3.63, 3.8) is 0 Å². The summed E-state index contributed by atoms with van der Waals surface area (Å²) in [4.78, 5) is 0. The van der Waals surface area contributed by atoms with Crippen molar-refractivity contribution >= 4 is 22.4 Å². The first-order chi connectivity index (χ1) is 8.20. The molecule has 96 valence electrons. The topological polar surface area (TPSA) is 50.9 Å². The first-order valence-corrected chi connectivity index (χ1v) is 7.43. The van der Waals surface area contributed by atoms with E-state index in [0.29, 0.717) is 5.82 Å². The van der Waals surface area contributed by atoms with Crippen molar-refractivity contribution in [2.45, 2.75) is 46.0 Å². The molecule has 0 bridgehead atoms. The van der Waals surface area contributed by atoms with Gasteiger partial charge in [-0.15, -0.1) is 0 Å². The highest BCUT2D eigenvalue weighted by molar-refractivity contribution is 7.10. The number of hydrogen-bond donors (Lipinski definition) is 2. The summed E-state index contributed by atoms with van der Waals surface area (Å²) in [6, 6.07) is 0. The fourth-order valence-corrected chi connectivity index (χ4v) is 3.31. The zero-order chi connectivity index (χ0) is 12.3. The highest BCUT2D eigenvalue weighted by Gasteiger charge is 2.20. The van der Waals surface area contributed by atoms with Gasteiger partial charge in [0.15, 0.2) is 0 Å². The predicted octanol–water partition coefficient (Wildman–Crippen LogP) is 3.66. The molecule has 0 unspecified atom stereocenters. The minimum atomic E-state index is 0.673. The lowest BCUT2D eigenvalue weighted by molar-refractivity contribution is 0.278. The first-order valence-electron chi connectivity index (χ1n) is 6.66. The van der Waals surface area contributed by atoms with Gasteiger partial charge < -0.3 is 11.1 Å². The summed E-state index contributed by atoms with van der Waals surface area (Å²) in [5.41, 5.74) is 6.85. The van der Waals surface area contributed by atoms with Crippen LogP contribution >= 0.6 is 11.5 Å². The molecule has 4 heteroatoms. The fourth-order valence-electron chi connectivity index (χ4n) is 2.59. The number of aromatic nitrogens is 1. The van der Waals surface area contributed by atoms with E-state index in [1.807, 2.05) is 6.92 Å². The van der Waals surface area contributed by atoms with Crippen molar-refractivity contribution in [1.82, 2.24) is 4.37 Å². The van der Waals surface area contributed by atoms with Crippen molar-refractivity contribution in [2.75, 3.05) is 17.6 Å². The SMILES string of the molecule is CCC1CCC(CNc2snc(N)c2C)CC1. The van der Waals surface area contributed by atoms with E-state index in [1.165, 1.54) is 43.6 Å². The van der Waals surface area contributed by atoms with Crippen LogP contribution in [0.2, 0.25) is 0 Å². The van der Waals surface area contributed by atoms with Crippen molar-refractivity contribution in [1.29, 1.82) is 0 Å². The van der Waals surface area contributed by atoms with E-state index in [4.69, 9.17) is 5.73 Å². The lowest BCUT2D eigenvalue weighted by Crippen LogP contribution is -2.20. The van der Waals surface area contributed by atoms with E-state index in [-0.39, 0.29) is 0 Å². The minimum absolute atomic E-state index is 0.673. The molecule has 0 atom stereocenters. The van der Waals surface area contributed by atoms with E-state index in [9.17, 15) is 0 Å². The van der Waals surface area contributed by atoms with Crippen molar-refractivity contribution in [3.8, 4) is 0 Å². The van der Waals surface area contributed by atoms with Crippen molar-refractivity contribution in [2.24, 2.45) is 11.8 Å². The summed E-state index contributed by atoms with van der Waals surface area (Å²) < 4.78 is 4.16. The summed E-state index contributed by atoms with van der Waals surface area (Å²) in [5, 5.41) is 4.67. The van der Waals surface area contributed by atoms with Gasteiger partial charge in [-0.2, -0.15) is 4.37 Å². The minimum Gasteiger partial charge on any atom is -0.383 e. The molecule has 0 aliphatic heterocycles. The van der Waals surface area contributed by atoms with Gasteiger partial charge in [0.05, 0.1) is 0 Å². The van der Waals surface area contributed by atoms with E-state index >= 15 is 0 Å². The van der Waals surface area contributed by atoms with Gasteiger partial charge in [-0.3, -0.25) is 0 Å². The zero-order valence-corrected chi connectivity index (χ0v) is 11.6. The Morgan fingerprint density at radius 3 is 2.47 bits per heavy atom. The molecule has 0 aromatic carbocycles. The molecule has 1 aliphatic rings. The summed E-state index contributed by atoms with van der Waals surface area (Å²) in [6.45, 7) is 5.43. The maximum absolute atomic E-state index is 5.74. The number of nitrogens with zero attached hydrogens (tertiary/aromatic N) is 1. The molecular formula is C13H23N3S. The Kier molecular flexibility index (Phi) is 4.26. The number of nitrogens with one attached hydrogen (secondary N) is 1. The van der Waals surface area contributed by atoms with Gasteiger partial charge in [0, 0.05) is 12.1 Å². The summed E-state index contributed by atoms with van der Waals surface area (Å²) in [6.07, 6.45) is 6.92. The second kappa shape index (κ2) is 5.71. The van der Waals surface area contributed by atoms with Gasteiger partial charge in [0.2, 0.25) is 0 Å². The average molecular weight is 253 g/mol. The molecule has 0 radical (unpaired) electrons. The van der Waals surface area contributed by atoms with Gasteiger partial charge in [-0.1, -0.05) is 26.2 Å². The van der Waals surface area contributed by atoms with E-state index in [1.54, 1.807) is 0 Å². The Balaban J connectivity index is 1.78. The third-order valence-corrected chi connectivity index (χ3v) is 4.98. The van der Waals surface area contributed by atoms with Crippen LogP contribution in [0.15, 0.2) is 0 Å². The quantitative estimate of drug-likeness (QED) is 0.861. The van der Waals surface area contributed by atoms with Crippen molar-refractivity contribution in [3.05, 3.63) is 5.56 Å².